The van der Waals surface area contributed by atoms with E-state index in [-0.39, 0.29) is 12.0 Å². The molecule has 126 valence electrons. The number of ether oxygens (including phenoxy) is 2. The molecule has 6 nitrogen and oxygen atoms in total. The maximum absolute atomic E-state index is 12.0. The van der Waals surface area contributed by atoms with Gasteiger partial charge in [-0.05, 0) is 18.6 Å². The minimum absolute atomic E-state index is 0.0811. The third kappa shape index (κ3) is 2.74. The summed E-state index contributed by atoms with van der Waals surface area (Å²) in [6.07, 6.45) is -1.80. The van der Waals surface area contributed by atoms with E-state index >= 15 is 0 Å². The van der Waals surface area contributed by atoms with Gasteiger partial charge in [-0.15, -0.1) is 0 Å². The number of nitrogens with zero attached hydrogens (tertiary/aromatic N) is 1. The Kier molecular flexibility index (Phi) is 4.60. The first kappa shape index (κ1) is 16.6. The van der Waals surface area contributed by atoms with Crippen LogP contribution in [0, 0.1) is 0 Å². The molecular formula is C15H17Cl2NO5. The number of halogens is 2. The number of carbonyl (C=O) groups is 1. The number of aliphatic hydroxyl groups excluding tert-OH is 2. The molecule has 1 aromatic carbocycles. The highest BCUT2D eigenvalue weighted by atomic mass is 35.5. The lowest BCUT2D eigenvalue weighted by molar-refractivity contribution is -0.0135. The molecule has 0 radical (unpaired) electrons. The van der Waals surface area contributed by atoms with E-state index in [1.165, 1.54) is 0 Å². The first-order chi connectivity index (χ1) is 11.0. The highest BCUT2D eigenvalue weighted by molar-refractivity contribution is 6.42. The molecule has 4 atom stereocenters. The van der Waals surface area contributed by atoms with Crippen molar-refractivity contribution in [2.24, 2.45) is 0 Å². The van der Waals surface area contributed by atoms with Gasteiger partial charge in [-0.1, -0.05) is 23.2 Å². The Morgan fingerprint density at radius 1 is 1.48 bits per heavy atom. The average molecular weight is 362 g/mol. The second kappa shape index (κ2) is 6.36. The number of amides is 1. The van der Waals surface area contributed by atoms with Gasteiger partial charge < -0.3 is 24.6 Å². The van der Waals surface area contributed by atoms with E-state index in [1.54, 1.807) is 24.1 Å². The van der Waals surface area contributed by atoms with E-state index in [9.17, 15) is 9.90 Å². The lowest BCUT2D eigenvalue weighted by Crippen LogP contribution is -2.39. The van der Waals surface area contributed by atoms with Gasteiger partial charge in [0.1, 0.15) is 11.9 Å². The van der Waals surface area contributed by atoms with Crippen LogP contribution in [0.15, 0.2) is 12.1 Å². The zero-order chi connectivity index (χ0) is 16.7. The quantitative estimate of drug-likeness (QED) is 0.857. The molecule has 0 bridgehead atoms. The monoisotopic (exact) mass is 361 g/mol. The van der Waals surface area contributed by atoms with Crippen molar-refractivity contribution >= 4 is 29.3 Å². The topological polar surface area (TPSA) is 79.2 Å². The number of benzene rings is 1. The lowest BCUT2D eigenvalue weighted by Gasteiger charge is -2.21. The van der Waals surface area contributed by atoms with Crippen molar-refractivity contribution in [1.82, 2.24) is 4.90 Å². The van der Waals surface area contributed by atoms with Crippen LogP contribution in [0.1, 0.15) is 17.9 Å². The number of cyclic esters (lactones) is 1. The van der Waals surface area contributed by atoms with Crippen LogP contribution in [-0.4, -0.2) is 59.7 Å². The third-order valence-electron chi connectivity index (χ3n) is 4.48. The van der Waals surface area contributed by atoms with E-state index in [4.69, 9.17) is 37.8 Å². The van der Waals surface area contributed by atoms with Crippen molar-refractivity contribution in [2.75, 3.05) is 20.3 Å². The van der Waals surface area contributed by atoms with E-state index in [2.05, 4.69) is 0 Å². The molecule has 2 N–H and O–H groups in total. The van der Waals surface area contributed by atoms with Crippen molar-refractivity contribution in [3.63, 3.8) is 0 Å². The summed E-state index contributed by atoms with van der Waals surface area (Å²) in [5.74, 6) is 0.528. The molecule has 0 saturated carbocycles. The number of fused-ring (bicyclic) bond motifs is 1. The summed E-state index contributed by atoms with van der Waals surface area (Å²) in [7, 11) is 1.55. The Bertz CT molecular complexity index is 626. The van der Waals surface area contributed by atoms with Gasteiger partial charge in [0.25, 0.3) is 0 Å². The molecule has 3 rings (SSSR count). The van der Waals surface area contributed by atoms with Gasteiger partial charge in [0.2, 0.25) is 0 Å². The SMILES string of the molecule is COc1ccc(Cl)c(Cl)c1[C@H]1C[C@H]2C(C(O)CO)OC(=O)N2C1. The molecule has 2 aliphatic rings. The average Bonchev–Trinajstić information content (AvgIpc) is 3.09. The maximum atomic E-state index is 12.0. The predicted molar refractivity (Wildman–Crippen MR) is 84.2 cm³/mol. The van der Waals surface area contributed by atoms with Gasteiger partial charge in [0.05, 0.1) is 29.8 Å². The summed E-state index contributed by atoms with van der Waals surface area (Å²) in [6, 6.07) is 3.09. The summed E-state index contributed by atoms with van der Waals surface area (Å²) < 4.78 is 10.5. The Morgan fingerprint density at radius 3 is 2.87 bits per heavy atom. The highest BCUT2D eigenvalue weighted by Gasteiger charge is 2.51. The summed E-state index contributed by atoms with van der Waals surface area (Å²) >= 11 is 12.4. The van der Waals surface area contributed by atoms with Crippen LogP contribution in [0.5, 0.6) is 5.75 Å². The molecule has 1 aromatic rings. The zero-order valence-electron chi connectivity index (χ0n) is 12.4. The van der Waals surface area contributed by atoms with Crippen molar-refractivity contribution in [3.8, 4) is 5.75 Å². The predicted octanol–water partition coefficient (Wildman–Crippen LogP) is 2.03. The van der Waals surface area contributed by atoms with Gasteiger partial charge >= 0.3 is 6.09 Å². The van der Waals surface area contributed by atoms with E-state index < -0.39 is 24.9 Å². The molecule has 8 heteroatoms. The van der Waals surface area contributed by atoms with Crippen molar-refractivity contribution in [3.05, 3.63) is 27.7 Å². The van der Waals surface area contributed by atoms with Crippen LogP contribution in [0.25, 0.3) is 0 Å². The standard InChI is InChI=1S/C15H17Cl2NO5/c1-22-11-3-2-8(16)13(17)12(11)7-4-9-14(10(20)6-19)23-15(21)18(9)5-7/h2-3,7,9-10,14,19-20H,4-6H2,1H3/t7-,9-,10?,14?/m0/s1. The molecular weight excluding hydrogens is 345 g/mol. The highest BCUT2D eigenvalue weighted by Crippen LogP contribution is 2.46. The van der Waals surface area contributed by atoms with Crippen molar-refractivity contribution in [1.29, 1.82) is 0 Å². The van der Waals surface area contributed by atoms with Crippen molar-refractivity contribution < 1.29 is 24.5 Å². The van der Waals surface area contributed by atoms with Crippen LogP contribution < -0.4 is 4.74 Å². The number of rotatable bonds is 4. The molecule has 0 spiro atoms. The van der Waals surface area contributed by atoms with Gasteiger partial charge in [-0.3, -0.25) is 0 Å². The number of aliphatic hydroxyl groups is 2. The molecule has 2 aliphatic heterocycles. The normalized spacial score (nSPS) is 27.8. The second-order valence-electron chi connectivity index (χ2n) is 5.73. The smallest absolute Gasteiger partial charge is 0.410 e. The number of carbonyl (C=O) groups excluding carboxylic acids is 1. The first-order valence-electron chi connectivity index (χ1n) is 7.26. The van der Waals surface area contributed by atoms with Crippen LogP contribution in [0.4, 0.5) is 4.79 Å². The van der Waals surface area contributed by atoms with E-state index in [0.29, 0.717) is 28.8 Å². The second-order valence-corrected chi connectivity index (χ2v) is 6.51. The summed E-state index contributed by atoms with van der Waals surface area (Å²) in [4.78, 5) is 13.6. The minimum Gasteiger partial charge on any atom is -0.496 e. The molecule has 2 unspecified atom stereocenters. The molecule has 0 aliphatic carbocycles. The molecule has 1 amide bonds. The summed E-state index contributed by atoms with van der Waals surface area (Å²) in [6.45, 7) is -0.0667. The van der Waals surface area contributed by atoms with Crippen LogP contribution in [0.2, 0.25) is 10.0 Å². The number of methoxy groups -OCH3 is 1. The van der Waals surface area contributed by atoms with E-state index in [0.717, 1.165) is 5.56 Å². The minimum atomic E-state index is -1.11. The molecule has 0 aromatic heterocycles. The van der Waals surface area contributed by atoms with Crippen LogP contribution in [-0.2, 0) is 4.74 Å². The maximum Gasteiger partial charge on any atom is 0.410 e. The van der Waals surface area contributed by atoms with E-state index in [1.807, 2.05) is 0 Å². The fraction of sp³-hybridized carbons (Fsp3) is 0.533. The Morgan fingerprint density at radius 2 is 2.22 bits per heavy atom. The molecule has 2 saturated heterocycles. The molecule has 2 heterocycles. The number of hydrogen-bond donors (Lipinski definition) is 2. The summed E-state index contributed by atoms with van der Waals surface area (Å²) in [5, 5.41) is 19.8. The van der Waals surface area contributed by atoms with Crippen LogP contribution >= 0.6 is 23.2 Å². The Labute approximate surface area is 143 Å². The fourth-order valence-corrected chi connectivity index (χ4v) is 3.88. The van der Waals surface area contributed by atoms with Gasteiger partial charge in [-0.25, -0.2) is 4.79 Å². The van der Waals surface area contributed by atoms with Crippen molar-refractivity contribution in [2.45, 2.75) is 30.6 Å². The molecule has 23 heavy (non-hydrogen) atoms. The van der Waals surface area contributed by atoms with Gasteiger partial charge in [-0.2, -0.15) is 0 Å². The van der Waals surface area contributed by atoms with Gasteiger partial charge in [0.15, 0.2) is 6.10 Å². The number of hydrogen-bond acceptors (Lipinski definition) is 5. The third-order valence-corrected chi connectivity index (χ3v) is 5.30. The Hall–Kier alpha value is -1.21. The lowest BCUT2D eigenvalue weighted by atomic mass is 9.92. The van der Waals surface area contributed by atoms with Crippen LogP contribution in [0.3, 0.4) is 0 Å². The zero-order valence-corrected chi connectivity index (χ0v) is 13.9. The first-order valence-corrected chi connectivity index (χ1v) is 8.01. The largest absolute Gasteiger partial charge is 0.496 e. The molecule has 2 fully saturated rings. The Balaban J connectivity index is 1.91. The summed E-state index contributed by atoms with van der Waals surface area (Å²) in [5.41, 5.74) is 0.751. The fourth-order valence-electron chi connectivity index (χ4n) is 3.41. The van der Waals surface area contributed by atoms with Gasteiger partial charge in [0, 0.05) is 18.0 Å².